The van der Waals surface area contributed by atoms with Crippen molar-refractivity contribution in [3.05, 3.63) is 65.3 Å². The summed E-state index contributed by atoms with van der Waals surface area (Å²) >= 11 is 0. The van der Waals surface area contributed by atoms with Crippen LogP contribution in [-0.4, -0.2) is 56.5 Å². The summed E-state index contributed by atoms with van der Waals surface area (Å²) in [6.07, 6.45) is 5.56. The predicted molar refractivity (Wildman–Crippen MR) is 111 cm³/mol. The molecule has 0 fully saturated rings. The van der Waals surface area contributed by atoms with E-state index < -0.39 is 27.0 Å². The van der Waals surface area contributed by atoms with Crippen molar-refractivity contribution in [1.82, 2.24) is 19.6 Å². The molecule has 1 atom stereocenters. The number of carbonyl (C=O) groups excluding carboxylic acids is 1. The minimum atomic E-state index is -3.77. The average molecular weight is 430 g/mol. The highest BCUT2D eigenvalue weighted by molar-refractivity contribution is 7.92. The number of Topliss-reactive ketones (excluding diaryl/α,β-unsaturated/α-hetero) is 1. The summed E-state index contributed by atoms with van der Waals surface area (Å²) in [6, 6.07) is 10.6. The van der Waals surface area contributed by atoms with Gasteiger partial charge in [-0.1, -0.05) is 12.1 Å². The number of aryl methyl sites for hydroxylation is 1. The van der Waals surface area contributed by atoms with Gasteiger partial charge in [-0.05, 0) is 42.7 Å². The molecule has 0 aliphatic rings. The van der Waals surface area contributed by atoms with Gasteiger partial charge in [-0.25, -0.2) is 8.42 Å². The third-order valence-electron chi connectivity index (χ3n) is 5.23. The number of hydrogen-bond acceptors (Lipinski definition) is 7. The Bertz CT molecular complexity index is 1200. The number of rotatable bonds is 8. The van der Waals surface area contributed by atoms with E-state index in [2.05, 4.69) is 10.2 Å². The minimum absolute atomic E-state index is 0.0261. The first-order valence-corrected chi connectivity index (χ1v) is 11.1. The third-order valence-corrected chi connectivity index (χ3v) is 7.30. The molecular formula is C20H22N4O5S. The van der Waals surface area contributed by atoms with E-state index in [4.69, 9.17) is 5.11 Å². The largest absolute Gasteiger partial charge is 0.389 e. The molecule has 3 rings (SSSR count). The Kier molecular flexibility index (Phi) is 5.99. The maximum Gasteiger partial charge on any atom is 0.251 e. The molecule has 30 heavy (non-hydrogen) atoms. The standard InChI is InChI=1S/C20H22N4O5S/c1-20(18(26)14-25,30(2,28)29)8-12-23-11-7-16(13-19(23)27)15-3-5-17(6-4-15)24-21-9-10-22-24/h3-7,9-11,13,25H,8,12,14H2,1-2H3/t20-/m1/s1. The van der Waals surface area contributed by atoms with Crippen molar-refractivity contribution < 1.29 is 18.3 Å². The van der Waals surface area contributed by atoms with E-state index in [1.54, 1.807) is 24.7 Å². The lowest BCUT2D eigenvalue weighted by Crippen LogP contribution is -2.46. The van der Waals surface area contributed by atoms with E-state index in [9.17, 15) is 18.0 Å². The van der Waals surface area contributed by atoms with E-state index in [-0.39, 0.29) is 18.5 Å². The highest BCUT2D eigenvalue weighted by atomic mass is 32.2. The van der Waals surface area contributed by atoms with Crippen molar-refractivity contribution in [1.29, 1.82) is 0 Å². The fraction of sp³-hybridized carbons (Fsp3) is 0.300. The van der Waals surface area contributed by atoms with E-state index >= 15 is 0 Å². The smallest absolute Gasteiger partial charge is 0.251 e. The Morgan fingerprint density at radius 2 is 1.73 bits per heavy atom. The van der Waals surface area contributed by atoms with Crippen LogP contribution in [0.4, 0.5) is 0 Å². The van der Waals surface area contributed by atoms with Gasteiger partial charge in [-0.15, -0.1) is 0 Å². The van der Waals surface area contributed by atoms with Gasteiger partial charge in [0.2, 0.25) is 0 Å². The molecular weight excluding hydrogens is 408 g/mol. The van der Waals surface area contributed by atoms with Crippen molar-refractivity contribution in [2.75, 3.05) is 12.9 Å². The number of aliphatic hydroxyl groups excluding tert-OH is 1. The quantitative estimate of drug-likeness (QED) is 0.562. The molecule has 1 aromatic carbocycles. The fourth-order valence-electron chi connectivity index (χ4n) is 3.04. The number of pyridine rings is 1. The number of aliphatic hydroxyl groups is 1. The lowest BCUT2D eigenvalue weighted by molar-refractivity contribution is -0.124. The zero-order valence-corrected chi connectivity index (χ0v) is 17.4. The molecule has 0 saturated carbocycles. The third kappa shape index (κ3) is 4.24. The van der Waals surface area contributed by atoms with Crippen LogP contribution in [0.1, 0.15) is 13.3 Å². The van der Waals surface area contributed by atoms with Gasteiger partial charge in [0.15, 0.2) is 15.6 Å². The Morgan fingerprint density at radius 3 is 2.27 bits per heavy atom. The fourth-order valence-corrected chi connectivity index (χ4v) is 3.98. The molecule has 0 amide bonds. The number of nitrogens with zero attached hydrogens (tertiary/aromatic N) is 4. The molecule has 0 spiro atoms. The summed E-state index contributed by atoms with van der Waals surface area (Å²) in [5, 5.41) is 17.3. The summed E-state index contributed by atoms with van der Waals surface area (Å²) in [6.45, 7) is 0.427. The normalized spacial score (nSPS) is 13.7. The number of aromatic nitrogens is 4. The van der Waals surface area contributed by atoms with Crippen molar-refractivity contribution in [2.24, 2.45) is 0 Å². The number of hydrogen-bond donors (Lipinski definition) is 1. The molecule has 0 bridgehead atoms. The molecule has 10 heteroatoms. The first-order chi connectivity index (χ1) is 14.2. The maximum absolute atomic E-state index is 12.5. The summed E-state index contributed by atoms with van der Waals surface area (Å²) < 4.78 is 23.8. The van der Waals surface area contributed by atoms with Gasteiger partial charge in [-0.3, -0.25) is 9.59 Å². The van der Waals surface area contributed by atoms with Crippen molar-refractivity contribution >= 4 is 15.6 Å². The van der Waals surface area contributed by atoms with Crippen LogP contribution < -0.4 is 5.56 Å². The van der Waals surface area contributed by atoms with Crippen molar-refractivity contribution in [3.63, 3.8) is 0 Å². The number of sulfone groups is 1. The molecule has 0 aliphatic heterocycles. The number of ketones is 1. The second-order valence-electron chi connectivity index (χ2n) is 7.15. The number of benzene rings is 1. The topological polar surface area (TPSA) is 124 Å². The van der Waals surface area contributed by atoms with Crippen LogP contribution in [0.5, 0.6) is 0 Å². The Labute approximate surface area is 173 Å². The van der Waals surface area contributed by atoms with Crippen LogP contribution in [0, 0.1) is 0 Å². The molecule has 2 aromatic heterocycles. The maximum atomic E-state index is 12.5. The van der Waals surface area contributed by atoms with Gasteiger partial charge in [-0.2, -0.15) is 15.0 Å². The van der Waals surface area contributed by atoms with Crippen molar-refractivity contribution in [2.45, 2.75) is 24.6 Å². The van der Waals surface area contributed by atoms with Gasteiger partial charge in [0, 0.05) is 25.1 Å². The minimum Gasteiger partial charge on any atom is -0.389 e. The van der Waals surface area contributed by atoms with Gasteiger partial charge in [0.05, 0.1) is 18.1 Å². The molecule has 0 saturated heterocycles. The Hall–Kier alpha value is -3.11. The van der Waals surface area contributed by atoms with Gasteiger partial charge in [0.25, 0.3) is 5.56 Å². The first kappa shape index (κ1) is 21.6. The SMILES string of the molecule is C[C@@](CCn1ccc(-c2ccc(-n3nccn3)cc2)cc1=O)(C(=O)CO)S(C)(=O)=O. The predicted octanol–water partition coefficient (Wildman–Crippen LogP) is 0.851. The van der Waals surface area contributed by atoms with Gasteiger partial charge >= 0.3 is 0 Å². The van der Waals surface area contributed by atoms with E-state index in [0.29, 0.717) is 5.56 Å². The zero-order valence-electron chi connectivity index (χ0n) is 16.6. The Balaban J connectivity index is 1.80. The molecule has 0 radical (unpaired) electrons. The zero-order chi connectivity index (χ0) is 21.9. The van der Waals surface area contributed by atoms with E-state index in [1.165, 1.54) is 22.4 Å². The molecule has 1 N–H and O–H groups in total. The first-order valence-electron chi connectivity index (χ1n) is 9.17. The van der Waals surface area contributed by atoms with Crippen LogP contribution in [0.25, 0.3) is 16.8 Å². The van der Waals surface area contributed by atoms with Crippen LogP contribution in [0.15, 0.2) is 59.8 Å². The molecule has 3 aromatic rings. The molecule has 158 valence electrons. The summed E-state index contributed by atoms with van der Waals surface area (Å²) in [7, 11) is -3.77. The van der Waals surface area contributed by atoms with E-state index in [0.717, 1.165) is 17.5 Å². The monoisotopic (exact) mass is 430 g/mol. The van der Waals surface area contributed by atoms with Crippen LogP contribution in [0.2, 0.25) is 0 Å². The van der Waals surface area contributed by atoms with Crippen molar-refractivity contribution in [3.8, 4) is 16.8 Å². The molecule has 2 heterocycles. The second kappa shape index (κ2) is 8.33. The summed E-state index contributed by atoms with van der Waals surface area (Å²) in [5.74, 6) is -0.790. The number of carbonyl (C=O) groups is 1. The van der Waals surface area contributed by atoms with E-state index in [1.807, 2.05) is 24.3 Å². The Morgan fingerprint density at radius 1 is 1.10 bits per heavy atom. The lowest BCUT2D eigenvalue weighted by Gasteiger charge is -2.25. The second-order valence-corrected chi connectivity index (χ2v) is 9.59. The average Bonchev–Trinajstić information content (AvgIpc) is 3.26. The lowest BCUT2D eigenvalue weighted by atomic mass is 10.0. The van der Waals surface area contributed by atoms with Crippen LogP contribution in [-0.2, 0) is 21.2 Å². The molecule has 0 aliphatic carbocycles. The molecule has 9 nitrogen and oxygen atoms in total. The van der Waals surface area contributed by atoms with Gasteiger partial charge < -0.3 is 9.67 Å². The molecule has 0 unspecified atom stereocenters. The summed E-state index contributed by atoms with van der Waals surface area (Å²) in [4.78, 5) is 26.0. The van der Waals surface area contributed by atoms with Crippen LogP contribution >= 0.6 is 0 Å². The highest BCUT2D eigenvalue weighted by Gasteiger charge is 2.42. The summed E-state index contributed by atoms with van der Waals surface area (Å²) in [5.41, 5.74) is 1.99. The van der Waals surface area contributed by atoms with Gasteiger partial charge in [0.1, 0.15) is 11.4 Å². The highest BCUT2D eigenvalue weighted by Crippen LogP contribution is 2.23. The van der Waals surface area contributed by atoms with Crippen LogP contribution in [0.3, 0.4) is 0 Å².